The Bertz CT molecular complexity index is 721. The number of hydrogen-bond acceptors (Lipinski definition) is 6. The number of carbonyl (C=O) groups is 2. The highest BCUT2D eigenvalue weighted by Gasteiger charge is 2.32. The summed E-state index contributed by atoms with van der Waals surface area (Å²) in [4.78, 5) is 44.4. The van der Waals surface area contributed by atoms with Crippen LogP contribution in [0.4, 0.5) is 0 Å². The summed E-state index contributed by atoms with van der Waals surface area (Å²) in [6, 6.07) is 1.27. The summed E-state index contributed by atoms with van der Waals surface area (Å²) in [5, 5.41) is 0.359. The van der Waals surface area contributed by atoms with E-state index in [4.69, 9.17) is 0 Å². The van der Waals surface area contributed by atoms with Gasteiger partial charge in [0.05, 0.1) is 25.0 Å². The lowest BCUT2D eigenvalue weighted by Gasteiger charge is -2.41. The van der Waals surface area contributed by atoms with E-state index in [1.165, 1.54) is 50.6 Å². The van der Waals surface area contributed by atoms with Crippen molar-refractivity contribution >= 4 is 23.6 Å². The predicted molar refractivity (Wildman–Crippen MR) is 97.9 cm³/mol. The zero-order valence-electron chi connectivity index (χ0n) is 15.0. The van der Waals surface area contributed by atoms with Crippen molar-refractivity contribution in [2.45, 2.75) is 43.7 Å². The minimum atomic E-state index is -0.453. The first kappa shape index (κ1) is 18.9. The first-order valence-electron chi connectivity index (χ1n) is 9.13. The lowest BCUT2D eigenvalue weighted by atomic mass is 9.75. The third kappa shape index (κ3) is 4.87. The minimum absolute atomic E-state index is 0.0584. The average molecular weight is 379 g/mol. The van der Waals surface area contributed by atoms with E-state index >= 15 is 0 Å². The van der Waals surface area contributed by atoms with Crippen molar-refractivity contribution in [1.29, 1.82) is 0 Å². The van der Waals surface area contributed by atoms with Crippen LogP contribution in [0.25, 0.3) is 0 Å². The van der Waals surface area contributed by atoms with Crippen LogP contribution in [-0.2, 0) is 20.7 Å². The number of thioether (sulfide) groups is 1. The maximum absolute atomic E-state index is 12.6. The van der Waals surface area contributed by atoms with Gasteiger partial charge in [0.25, 0.3) is 5.56 Å². The van der Waals surface area contributed by atoms with Gasteiger partial charge in [-0.05, 0) is 24.7 Å². The second-order valence-electron chi connectivity index (χ2n) is 7.02. The van der Waals surface area contributed by atoms with E-state index in [1.54, 1.807) is 0 Å². The molecule has 2 fully saturated rings. The van der Waals surface area contributed by atoms with E-state index < -0.39 is 5.97 Å². The molecule has 2 atom stereocenters. The second kappa shape index (κ2) is 8.70. The largest absolute Gasteiger partial charge is 0.469 e. The molecule has 0 aromatic carbocycles. The van der Waals surface area contributed by atoms with Gasteiger partial charge >= 0.3 is 5.97 Å². The third-order valence-corrected chi connectivity index (χ3v) is 6.16. The van der Waals surface area contributed by atoms with Gasteiger partial charge in [-0.3, -0.25) is 14.4 Å². The number of nitrogens with zero attached hydrogens (tertiary/aromatic N) is 2. The van der Waals surface area contributed by atoms with Gasteiger partial charge in [0, 0.05) is 19.2 Å². The highest BCUT2D eigenvalue weighted by atomic mass is 32.2. The lowest BCUT2D eigenvalue weighted by molar-refractivity contribution is -0.139. The number of piperidine rings is 1. The Kier molecular flexibility index (Phi) is 6.34. The van der Waals surface area contributed by atoms with Crippen LogP contribution >= 0.6 is 11.8 Å². The molecule has 3 rings (SSSR count). The molecule has 0 radical (unpaired) electrons. The number of likely N-dealkylation sites (tertiary alicyclic amines) is 1. The number of H-pyrrole nitrogens is 1. The summed E-state index contributed by atoms with van der Waals surface area (Å²) in [7, 11) is 1.29. The number of fused-ring (bicyclic) bond motifs is 1. The number of nitrogens with one attached hydrogen (secondary N) is 1. The smallest absolute Gasteiger partial charge is 0.311 e. The number of hydrogen-bond donors (Lipinski definition) is 1. The maximum atomic E-state index is 12.6. The van der Waals surface area contributed by atoms with Crippen LogP contribution in [0.3, 0.4) is 0 Å². The van der Waals surface area contributed by atoms with Crippen molar-refractivity contribution in [3.05, 3.63) is 22.1 Å². The van der Waals surface area contributed by atoms with Crippen LogP contribution in [0.5, 0.6) is 0 Å². The number of methoxy groups -OCH3 is 1. The van der Waals surface area contributed by atoms with Crippen LogP contribution in [0.15, 0.2) is 16.0 Å². The Hall–Kier alpha value is -1.83. The number of amides is 1. The molecule has 1 aliphatic heterocycles. The zero-order chi connectivity index (χ0) is 18.5. The molecule has 0 unspecified atom stereocenters. The molecule has 2 aliphatic rings. The Morgan fingerprint density at radius 1 is 1.31 bits per heavy atom. The van der Waals surface area contributed by atoms with Gasteiger partial charge < -0.3 is 14.6 Å². The fourth-order valence-electron chi connectivity index (χ4n) is 3.91. The molecule has 1 aliphatic carbocycles. The van der Waals surface area contributed by atoms with E-state index in [0.29, 0.717) is 16.8 Å². The second-order valence-corrected chi connectivity index (χ2v) is 7.98. The van der Waals surface area contributed by atoms with Crippen molar-refractivity contribution in [2.24, 2.45) is 11.8 Å². The van der Waals surface area contributed by atoms with Crippen molar-refractivity contribution in [1.82, 2.24) is 14.9 Å². The molecule has 1 aromatic rings. The first-order chi connectivity index (χ1) is 12.5. The average Bonchev–Trinajstić information content (AvgIpc) is 2.65. The Morgan fingerprint density at radius 2 is 2.08 bits per heavy atom. The highest BCUT2D eigenvalue weighted by molar-refractivity contribution is 7.99. The van der Waals surface area contributed by atoms with Gasteiger partial charge in [0.1, 0.15) is 0 Å². The number of ether oxygens (including phenoxy) is 1. The first-order valence-corrected chi connectivity index (χ1v) is 10.1. The lowest BCUT2D eigenvalue weighted by Crippen LogP contribution is -2.45. The van der Waals surface area contributed by atoms with Gasteiger partial charge in [-0.15, -0.1) is 0 Å². The van der Waals surface area contributed by atoms with Crippen molar-refractivity contribution < 1.29 is 14.3 Å². The Balaban J connectivity index is 1.55. The van der Waals surface area contributed by atoms with Crippen LogP contribution in [-0.4, -0.2) is 52.7 Å². The fraction of sp³-hybridized carbons (Fsp3) is 0.667. The topological polar surface area (TPSA) is 92.4 Å². The number of carbonyl (C=O) groups excluding carboxylic acids is 2. The molecule has 1 aromatic heterocycles. The molecule has 1 amide bonds. The van der Waals surface area contributed by atoms with Crippen LogP contribution in [0, 0.1) is 11.8 Å². The van der Waals surface area contributed by atoms with Crippen molar-refractivity contribution in [2.75, 3.05) is 26.0 Å². The molecule has 0 spiro atoms. The monoisotopic (exact) mass is 379 g/mol. The predicted octanol–water partition coefficient (Wildman–Crippen LogP) is 1.62. The number of esters is 1. The molecule has 2 heterocycles. The van der Waals surface area contributed by atoms with E-state index in [1.807, 2.05) is 4.90 Å². The summed E-state index contributed by atoms with van der Waals surface area (Å²) < 4.78 is 4.60. The van der Waals surface area contributed by atoms with Gasteiger partial charge in [-0.2, -0.15) is 0 Å². The van der Waals surface area contributed by atoms with E-state index in [9.17, 15) is 14.4 Å². The molecule has 1 saturated heterocycles. The Labute approximate surface area is 156 Å². The Morgan fingerprint density at radius 3 is 2.85 bits per heavy atom. The zero-order valence-corrected chi connectivity index (χ0v) is 15.8. The van der Waals surface area contributed by atoms with Crippen LogP contribution in [0.1, 0.15) is 37.8 Å². The molecule has 7 nitrogen and oxygen atoms in total. The number of aromatic amines is 1. The molecule has 1 N–H and O–H groups in total. The number of rotatable bonds is 5. The molecule has 0 bridgehead atoms. The molecule has 1 saturated carbocycles. The van der Waals surface area contributed by atoms with E-state index in [-0.39, 0.29) is 23.6 Å². The van der Waals surface area contributed by atoms with Gasteiger partial charge in [0.15, 0.2) is 5.16 Å². The number of aromatic nitrogens is 2. The van der Waals surface area contributed by atoms with Gasteiger partial charge in [0.2, 0.25) is 5.91 Å². The maximum Gasteiger partial charge on any atom is 0.311 e. The summed E-state index contributed by atoms with van der Waals surface area (Å²) in [5.41, 5.74) is 0.00967. The van der Waals surface area contributed by atoms with Gasteiger partial charge in [-0.25, -0.2) is 4.98 Å². The summed E-state index contributed by atoms with van der Waals surface area (Å²) >= 11 is 1.20. The van der Waals surface area contributed by atoms with Crippen molar-refractivity contribution in [3.8, 4) is 0 Å². The van der Waals surface area contributed by atoms with E-state index in [0.717, 1.165) is 25.4 Å². The SMILES string of the molecule is COC(=O)Cc1cc(=O)[nH]c(SCC(=O)N2CC[C@@H]3CCCC[C@H]3C2)n1. The quantitative estimate of drug-likeness (QED) is 0.475. The van der Waals surface area contributed by atoms with Gasteiger partial charge in [-0.1, -0.05) is 31.0 Å². The summed E-state index contributed by atoms with van der Waals surface area (Å²) in [6.45, 7) is 1.68. The normalized spacial score (nSPS) is 22.6. The van der Waals surface area contributed by atoms with Crippen LogP contribution in [0.2, 0.25) is 0 Å². The molecular weight excluding hydrogens is 354 g/mol. The summed E-state index contributed by atoms with van der Waals surface area (Å²) in [6.07, 6.45) is 6.18. The molecule has 142 valence electrons. The third-order valence-electron chi connectivity index (χ3n) is 5.30. The fourth-order valence-corrected chi connectivity index (χ4v) is 4.71. The minimum Gasteiger partial charge on any atom is -0.469 e. The summed E-state index contributed by atoms with van der Waals surface area (Å²) in [5.74, 6) is 1.30. The van der Waals surface area contributed by atoms with Crippen LogP contribution < -0.4 is 5.56 Å². The van der Waals surface area contributed by atoms with Crippen molar-refractivity contribution in [3.63, 3.8) is 0 Å². The standard InChI is InChI=1S/C18H25N3O4S/c1-25-17(24)9-14-8-15(22)20-18(19-14)26-11-16(23)21-7-6-12-4-2-3-5-13(12)10-21/h8,12-13H,2-7,9-11H2,1H3,(H,19,20,22)/t12-,13-/m0/s1. The molecular formula is C18H25N3O4S. The highest BCUT2D eigenvalue weighted by Crippen LogP contribution is 2.36. The molecule has 8 heteroatoms. The van der Waals surface area contributed by atoms with E-state index in [2.05, 4.69) is 14.7 Å². The molecule has 26 heavy (non-hydrogen) atoms.